The van der Waals surface area contributed by atoms with Gasteiger partial charge in [0.2, 0.25) is 15.9 Å². The van der Waals surface area contributed by atoms with Gasteiger partial charge in [-0.25, -0.2) is 13.1 Å². The molecule has 20 heavy (non-hydrogen) atoms. The lowest BCUT2D eigenvalue weighted by Crippen LogP contribution is -2.39. The van der Waals surface area contributed by atoms with E-state index in [0.29, 0.717) is 4.47 Å². The van der Waals surface area contributed by atoms with E-state index < -0.39 is 15.9 Å². The van der Waals surface area contributed by atoms with E-state index in [4.69, 9.17) is 4.74 Å². The van der Waals surface area contributed by atoms with E-state index in [9.17, 15) is 13.2 Å². The molecule has 0 saturated carbocycles. The highest BCUT2D eigenvalue weighted by molar-refractivity contribution is 9.10. The van der Waals surface area contributed by atoms with Crippen molar-refractivity contribution >= 4 is 31.9 Å². The van der Waals surface area contributed by atoms with Crippen LogP contribution in [0.25, 0.3) is 0 Å². The number of hydrogen-bond acceptors (Lipinski definition) is 4. The van der Waals surface area contributed by atoms with Gasteiger partial charge in [-0.15, -0.1) is 0 Å². The molecule has 6 nitrogen and oxygen atoms in total. The summed E-state index contributed by atoms with van der Waals surface area (Å²) < 4.78 is 32.2. The summed E-state index contributed by atoms with van der Waals surface area (Å²) >= 11 is 3.20. The van der Waals surface area contributed by atoms with E-state index in [1.807, 2.05) is 0 Å². The second-order valence-electron chi connectivity index (χ2n) is 4.34. The molecule has 1 aromatic rings. The van der Waals surface area contributed by atoms with Crippen molar-refractivity contribution in [2.45, 2.75) is 24.8 Å². The Kier molecular flexibility index (Phi) is 5.97. The first kappa shape index (κ1) is 16.9. The van der Waals surface area contributed by atoms with Crippen molar-refractivity contribution in [2.75, 3.05) is 13.7 Å². The number of ether oxygens (including phenoxy) is 1. The molecule has 112 valence electrons. The number of amides is 1. The first-order valence-corrected chi connectivity index (χ1v) is 8.16. The molecule has 0 aliphatic rings. The molecule has 0 unspecified atom stereocenters. The second kappa shape index (κ2) is 7.05. The van der Waals surface area contributed by atoms with Crippen molar-refractivity contribution in [3.05, 3.63) is 22.7 Å². The van der Waals surface area contributed by atoms with Gasteiger partial charge in [0.1, 0.15) is 10.6 Å². The standard InChI is InChI=1S/C12H17BrN2O4S/c1-8(2)15-12(16)7-14-20(17,18)11-6-9(13)4-5-10(11)19-3/h4-6,8,14H,7H2,1-3H3,(H,15,16). The van der Waals surface area contributed by atoms with E-state index in [1.54, 1.807) is 19.9 Å². The minimum absolute atomic E-state index is 0.0216. The lowest BCUT2D eigenvalue weighted by molar-refractivity contribution is -0.120. The average Bonchev–Trinajstić information content (AvgIpc) is 2.36. The van der Waals surface area contributed by atoms with Crippen LogP contribution in [-0.2, 0) is 14.8 Å². The van der Waals surface area contributed by atoms with Crippen molar-refractivity contribution in [1.29, 1.82) is 0 Å². The van der Waals surface area contributed by atoms with Crippen LogP contribution in [0.2, 0.25) is 0 Å². The van der Waals surface area contributed by atoms with Gasteiger partial charge in [0, 0.05) is 10.5 Å². The van der Waals surface area contributed by atoms with Crippen LogP contribution in [0.15, 0.2) is 27.6 Å². The number of sulfonamides is 1. The first-order chi connectivity index (χ1) is 9.26. The van der Waals surface area contributed by atoms with Crippen molar-refractivity contribution < 1.29 is 17.9 Å². The fourth-order valence-electron chi connectivity index (χ4n) is 1.47. The summed E-state index contributed by atoms with van der Waals surface area (Å²) in [5.74, 6) is -0.178. The Morgan fingerprint density at radius 3 is 2.60 bits per heavy atom. The Morgan fingerprint density at radius 1 is 1.40 bits per heavy atom. The van der Waals surface area contributed by atoms with Crippen LogP contribution in [0, 0.1) is 0 Å². The van der Waals surface area contributed by atoms with Gasteiger partial charge in [-0.3, -0.25) is 4.79 Å². The third-order valence-electron chi connectivity index (χ3n) is 2.29. The number of benzene rings is 1. The highest BCUT2D eigenvalue weighted by atomic mass is 79.9. The van der Waals surface area contributed by atoms with E-state index in [0.717, 1.165) is 0 Å². The fourth-order valence-corrected chi connectivity index (χ4v) is 3.16. The molecular formula is C12H17BrN2O4S. The number of hydrogen-bond donors (Lipinski definition) is 2. The number of carbonyl (C=O) groups excluding carboxylic acids is 1. The summed E-state index contributed by atoms with van der Waals surface area (Å²) in [5, 5.41) is 2.60. The first-order valence-electron chi connectivity index (χ1n) is 5.89. The molecule has 1 aromatic carbocycles. The maximum Gasteiger partial charge on any atom is 0.244 e. The van der Waals surface area contributed by atoms with Gasteiger partial charge in [0.25, 0.3) is 0 Å². The van der Waals surface area contributed by atoms with Gasteiger partial charge in [-0.1, -0.05) is 15.9 Å². The van der Waals surface area contributed by atoms with Crippen LogP contribution in [0.4, 0.5) is 0 Å². The van der Waals surface area contributed by atoms with Crippen LogP contribution in [-0.4, -0.2) is 34.0 Å². The van der Waals surface area contributed by atoms with Gasteiger partial charge < -0.3 is 10.1 Å². The lowest BCUT2D eigenvalue weighted by Gasteiger charge is -2.12. The van der Waals surface area contributed by atoms with Crippen molar-refractivity contribution in [3.8, 4) is 5.75 Å². The molecular weight excluding hydrogens is 348 g/mol. The summed E-state index contributed by atoms with van der Waals surface area (Å²) in [7, 11) is -2.44. The Hall–Kier alpha value is -1.12. The molecule has 0 aromatic heterocycles. The Balaban J connectivity index is 2.89. The van der Waals surface area contributed by atoms with Crippen molar-refractivity contribution in [2.24, 2.45) is 0 Å². The van der Waals surface area contributed by atoms with E-state index >= 15 is 0 Å². The Morgan fingerprint density at radius 2 is 2.05 bits per heavy atom. The monoisotopic (exact) mass is 364 g/mol. The topological polar surface area (TPSA) is 84.5 Å². The number of nitrogens with one attached hydrogen (secondary N) is 2. The molecule has 0 spiro atoms. The maximum atomic E-state index is 12.2. The number of halogens is 1. The van der Waals surface area contributed by atoms with Crippen LogP contribution in [0.3, 0.4) is 0 Å². The molecule has 0 bridgehead atoms. The molecule has 0 aliphatic heterocycles. The smallest absolute Gasteiger partial charge is 0.244 e. The summed E-state index contributed by atoms with van der Waals surface area (Å²) in [6.45, 7) is 3.27. The van der Waals surface area contributed by atoms with Gasteiger partial charge >= 0.3 is 0 Å². The molecule has 0 aliphatic carbocycles. The maximum absolute atomic E-state index is 12.2. The Bertz CT molecular complexity index is 587. The molecule has 0 saturated heterocycles. The van der Waals surface area contributed by atoms with Crippen LogP contribution in [0.5, 0.6) is 5.75 Å². The molecule has 1 amide bonds. The van der Waals surface area contributed by atoms with E-state index in [-0.39, 0.29) is 23.2 Å². The van der Waals surface area contributed by atoms with Crippen LogP contribution in [0.1, 0.15) is 13.8 Å². The molecule has 0 atom stereocenters. The third kappa shape index (κ3) is 4.77. The Labute approximate surface area is 127 Å². The van der Waals surface area contributed by atoms with Crippen LogP contribution >= 0.6 is 15.9 Å². The van der Waals surface area contributed by atoms with Crippen LogP contribution < -0.4 is 14.8 Å². The predicted molar refractivity (Wildman–Crippen MR) is 79.2 cm³/mol. The van der Waals surface area contributed by atoms with Gasteiger partial charge in [-0.05, 0) is 32.0 Å². The van der Waals surface area contributed by atoms with Gasteiger partial charge in [0.15, 0.2) is 0 Å². The molecule has 8 heteroatoms. The molecule has 2 N–H and O–H groups in total. The van der Waals surface area contributed by atoms with Gasteiger partial charge in [-0.2, -0.15) is 0 Å². The number of methoxy groups -OCH3 is 1. The largest absolute Gasteiger partial charge is 0.495 e. The third-order valence-corrected chi connectivity index (χ3v) is 4.20. The second-order valence-corrected chi connectivity index (χ2v) is 6.99. The van der Waals surface area contributed by atoms with E-state index in [2.05, 4.69) is 26.0 Å². The fraction of sp³-hybridized carbons (Fsp3) is 0.417. The molecule has 0 fully saturated rings. The average molecular weight is 365 g/mol. The van der Waals surface area contributed by atoms with E-state index in [1.165, 1.54) is 19.2 Å². The highest BCUT2D eigenvalue weighted by Crippen LogP contribution is 2.26. The summed E-state index contributed by atoms with van der Waals surface area (Å²) in [4.78, 5) is 11.5. The quantitative estimate of drug-likeness (QED) is 0.795. The normalized spacial score (nSPS) is 11.4. The number of rotatable bonds is 6. The lowest BCUT2D eigenvalue weighted by atomic mass is 10.3. The van der Waals surface area contributed by atoms with Crippen molar-refractivity contribution in [3.63, 3.8) is 0 Å². The van der Waals surface area contributed by atoms with Gasteiger partial charge in [0.05, 0.1) is 13.7 Å². The predicted octanol–water partition coefficient (Wildman–Crippen LogP) is 1.26. The zero-order valence-electron chi connectivity index (χ0n) is 11.4. The van der Waals surface area contributed by atoms with Crippen molar-refractivity contribution in [1.82, 2.24) is 10.0 Å². The SMILES string of the molecule is COc1ccc(Br)cc1S(=O)(=O)NCC(=O)NC(C)C. The molecule has 0 radical (unpaired) electrons. The summed E-state index contributed by atoms with van der Waals surface area (Å²) in [5.41, 5.74) is 0. The molecule has 0 heterocycles. The zero-order valence-corrected chi connectivity index (χ0v) is 13.8. The molecule has 1 rings (SSSR count). The summed E-state index contributed by atoms with van der Waals surface area (Å²) in [6, 6.07) is 4.57. The minimum atomic E-state index is -3.82. The minimum Gasteiger partial charge on any atom is -0.495 e. The highest BCUT2D eigenvalue weighted by Gasteiger charge is 2.20. The number of carbonyl (C=O) groups is 1. The zero-order chi connectivity index (χ0) is 15.3. The summed E-state index contributed by atoms with van der Waals surface area (Å²) in [6.07, 6.45) is 0.